The molecule has 0 amide bonds. The molecule has 0 fully saturated rings. The Hall–Kier alpha value is -2.11. The molecule has 2 aliphatic heterocycles. The summed E-state index contributed by atoms with van der Waals surface area (Å²) in [7, 11) is 0. The molecule has 0 atom stereocenters. The Morgan fingerprint density at radius 2 is 1.94 bits per heavy atom. The molecule has 16 heavy (non-hydrogen) atoms. The second-order valence-corrected chi connectivity index (χ2v) is 3.41. The van der Waals surface area contributed by atoms with Gasteiger partial charge in [0, 0.05) is 5.56 Å². The minimum absolute atomic E-state index is 0.102. The average molecular weight is 223 g/mol. The molecule has 84 valence electrons. The zero-order valence-electron chi connectivity index (χ0n) is 8.73. The van der Waals surface area contributed by atoms with Crippen molar-refractivity contribution in [2.75, 3.05) is 0 Å². The van der Waals surface area contributed by atoms with Crippen LogP contribution < -0.4 is 4.74 Å². The number of aromatic nitrogens is 1. The van der Waals surface area contributed by atoms with Crippen LogP contribution in [0.5, 0.6) is 11.5 Å². The first-order valence-corrected chi connectivity index (χ1v) is 4.58. The number of carbonyl (C=O) groups excluding carboxylic acids is 2. The Kier molecular flexibility index (Phi) is 2.26. The molecule has 1 N–H and O–H groups in total. The van der Waals surface area contributed by atoms with E-state index in [0.717, 1.165) is 0 Å². The summed E-state index contributed by atoms with van der Waals surface area (Å²) in [6.07, 6.45) is 0. The van der Waals surface area contributed by atoms with Gasteiger partial charge in [-0.1, -0.05) is 0 Å². The van der Waals surface area contributed by atoms with E-state index in [1.807, 2.05) is 0 Å². The monoisotopic (exact) mass is 223 g/mol. The van der Waals surface area contributed by atoms with E-state index in [4.69, 9.17) is 4.74 Å². The van der Waals surface area contributed by atoms with Crippen LogP contribution in [-0.2, 0) is 20.9 Å². The number of ether oxygens (including phenoxy) is 2. The maximum Gasteiger partial charge on any atom is 0.422 e. The van der Waals surface area contributed by atoms with Crippen molar-refractivity contribution in [1.82, 2.24) is 4.98 Å². The highest BCUT2D eigenvalue weighted by atomic mass is 16.6. The standard InChI is InChI=1S/C10H9NO5/c1-4-7(12)6-3-15-9(13)10(14)16-8(4)5(2)11-6/h12H,3H2,1-2H3. The maximum absolute atomic E-state index is 11.2. The van der Waals surface area contributed by atoms with Crippen LogP contribution in [0.1, 0.15) is 17.0 Å². The molecule has 6 nitrogen and oxygen atoms in total. The number of esters is 2. The van der Waals surface area contributed by atoms with Gasteiger partial charge in [0.1, 0.15) is 18.1 Å². The van der Waals surface area contributed by atoms with Gasteiger partial charge >= 0.3 is 11.9 Å². The lowest BCUT2D eigenvalue weighted by molar-refractivity contribution is -0.163. The molecule has 0 unspecified atom stereocenters. The van der Waals surface area contributed by atoms with Crippen LogP contribution in [0.15, 0.2) is 0 Å². The third-order valence-corrected chi connectivity index (χ3v) is 2.30. The first-order chi connectivity index (χ1) is 7.50. The van der Waals surface area contributed by atoms with Crippen LogP contribution in [0.4, 0.5) is 0 Å². The Balaban J connectivity index is 2.63. The highest BCUT2D eigenvalue weighted by molar-refractivity contribution is 6.30. The summed E-state index contributed by atoms with van der Waals surface area (Å²) in [4.78, 5) is 26.3. The van der Waals surface area contributed by atoms with E-state index in [-0.39, 0.29) is 23.8 Å². The summed E-state index contributed by atoms with van der Waals surface area (Å²) in [6.45, 7) is 2.95. The smallest absolute Gasteiger partial charge is 0.422 e. The minimum Gasteiger partial charge on any atom is -0.505 e. The molecular weight excluding hydrogens is 214 g/mol. The average Bonchev–Trinajstić information content (AvgIpc) is 2.32. The lowest BCUT2D eigenvalue weighted by atomic mass is 10.1. The normalized spacial score (nSPS) is 14.9. The second-order valence-electron chi connectivity index (χ2n) is 3.41. The van der Waals surface area contributed by atoms with Crippen LogP contribution in [0, 0.1) is 13.8 Å². The predicted octanol–water partition coefficient (Wildman–Crippen LogP) is 0.366. The molecule has 1 aromatic heterocycles. The third-order valence-electron chi connectivity index (χ3n) is 2.30. The zero-order chi connectivity index (χ0) is 11.9. The highest BCUT2D eigenvalue weighted by Gasteiger charge is 2.26. The molecule has 0 radical (unpaired) electrons. The van der Waals surface area contributed by atoms with Gasteiger partial charge in [0.05, 0.1) is 5.69 Å². The quantitative estimate of drug-likeness (QED) is 0.505. The number of aromatic hydroxyl groups is 1. The van der Waals surface area contributed by atoms with Crippen molar-refractivity contribution in [2.24, 2.45) is 0 Å². The largest absolute Gasteiger partial charge is 0.505 e. The Labute approximate surface area is 90.8 Å². The summed E-state index contributed by atoms with van der Waals surface area (Å²) in [5.74, 6) is -2.23. The van der Waals surface area contributed by atoms with Crippen LogP contribution in [0.2, 0.25) is 0 Å². The van der Waals surface area contributed by atoms with E-state index in [2.05, 4.69) is 9.72 Å². The van der Waals surface area contributed by atoms with E-state index < -0.39 is 11.9 Å². The van der Waals surface area contributed by atoms with Gasteiger partial charge in [-0.25, -0.2) is 14.6 Å². The van der Waals surface area contributed by atoms with Gasteiger partial charge in [-0.2, -0.15) is 0 Å². The molecular formula is C10H9NO5. The molecule has 2 aliphatic rings. The molecule has 0 aliphatic carbocycles. The van der Waals surface area contributed by atoms with E-state index in [9.17, 15) is 14.7 Å². The molecule has 0 spiro atoms. The number of aryl methyl sites for hydroxylation is 1. The summed E-state index contributed by atoms with van der Waals surface area (Å²) in [5.41, 5.74) is 1.01. The van der Waals surface area contributed by atoms with E-state index in [1.54, 1.807) is 13.8 Å². The van der Waals surface area contributed by atoms with Crippen molar-refractivity contribution in [1.29, 1.82) is 0 Å². The van der Waals surface area contributed by atoms with Gasteiger partial charge < -0.3 is 14.6 Å². The van der Waals surface area contributed by atoms with Crippen molar-refractivity contribution >= 4 is 11.9 Å². The fraction of sp³-hybridized carbons (Fsp3) is 0.300. The topological polar surface area (TPSA) is 85.7 Å². The first-order valence-electron chi connectivity index (χ1n) is 4.58. The van der Waals surface area contributed by atoms with Gasteiger partial charge in [0.25, 0.3) is 0 Å². The number of rotatable bonds is 0. The van der Waals surface area contributed by atoms with Crippen molar-refractivity contribution in [2.45, 2.75) is 20.5 Å². The number of fused-ring (bicyclic) bond motifs is 6. The molecule has 2 bridgehead atoms. The van der Waals surface area contributed by atoms with Crippen LogP contribution in [0.25, 0.3) is 0 Å². The van der Waals surface area contributed by atoms with Gasteiger partial charge in [-0.15, -0.1) is 0 Å². The number of carbonyl (C=O) groups is 2. The molecule has 1 aromatic rings. The Morgan fingerprint density at radius 1 is 1.25 bits per heavy atom. The maximum atomic E-state index is 11.2. The zero-order valence-corrected chi connectivity index (χ0v) is 8.73. The van der Waals surface area contributed by atoms with Crippen molar-refractivity contribution < 1.29 is 24.2 Å². The second kappa shape index (κ2) is 3.48. The highest BCUT2D eigenvalue weighted by Crippen LogP contribution is 2.33. The van der Waals surface area contributed by atoms with Crippen LogP contribution in [-0.4, -0.2) is 22.0 Å². The Morgan fingerprint density at radius 3 is 2.62 bits per heavy atom. The van der Waals surface area contributed by atoms with Gasteiger partial charge in [0.15, 0.2) is 5.75 Å². The van der Waals surface area contributed by atoms with E-state index in [1.165, 1.54) is 0 Å². The van der Waals surface area contributed by atoms with E-state index in [0.29, 0.717) is 11.3 Å². The van der Waals surface area contributed by atoms with Crippen LogP contribution >= 0.6 is 0 Å². The molecule has 0 saturated carbocycles. The Bertz CT molecular complexity index is 494. The number of nitrogens with zero attached hydrogens (tertiary/aromatic N) is 1. The molecule has 0 aromatic carbocycles. The fourth-order valence-corrected chi connectivity index (χ4v) is 1.48. The molecule has 6 heteroatoms. The SMILES string of the molecule is Cc1nc2c(O)c(C)c1OC(=O)C(=O)OC2. The molecule has 3 heterocycles. The predicted molar refractivity (Wildman–Crippen MR) is 50.8 cm³/mol. The minimum atomic E-state index is -1.11. The summed E-state index contributed by atoms with van der Waals surface area (Å²) in [6, 6.07) is 0. The third kappa shape index (κ3) is 1.48. The molecule has 0 saturated heterocycles. The fourth-order valence-electron chi connectivity index (χ4n) is 1.48. The summed E-state index contributed by atoms with van der Waals surface area (Å²) >= 11 is 0. The van der Waals surface area contributed by atoms with E-state index >= 15 is 0 Å². The number of pyridine rings is 1. The first kappa shape index (κ1) is 10.4. The van der Waals surface area contributed by atoms with Gasteiger partial charge in [-0.05, 0) is 13.8 Å². The van der Waals surface area contributed by atoms with Gasteiger partial charge in [0.2, 0.25) is 0 Å². The summed E-state index contributed by atoms with van der Waals surface area (Å²) in [5, 5.41) is 9.72. The van der Waals surface area contributed by atoms with Gasteiger partial charge in [-0.3, -0.25) is 0 Å². The van der Waals surface area contributed by atoms with Crippen molar-refractivity contribution in [3.63, 3.8) is 0 Å². The van der Waals surface area contributed by atoms with Crippen molar-refractivity contribution in [3.05, 3.63) is 17.0 Å². The molecule has 3 rings (SSSR count). The summed E-state index contributed by atoms with van der Waals surface area (Å²) < 4.78 is 9.41. The number of hydrogen-bond donors (Lipinski definition) is 1. The number of hydrogen-bond acceptors (Lipinski definition) is 6. The van der Waals surface area contributed by atoms with Crippen LogP contribution in [0.3, 0.4) is 0 Å². The van der Waals surface area contributed by atoms with Crippen molar-refractivity contribution in [3.8, 4) is 11.5 Å². The lowest BCUT2D eigenvalue weighted by Crippen LogP contribution is -2.22. The lowest BCUT2D eigenvalue weighted by Gasteiger charge is -2.10.